The molecule has 0 bridgehead atoms. The Balaban J connectivity index is 1.87. The van der Waals surface area contributed by atoms with E-state index in [9.17, 15) is 4.79 Å². The summed E-state index contributed by atoms with van der Waals surface area (Å²) in [5, 5.41) is 6.81. The van der Waals surface area contributed by atoms with Gasteiger partial charge in [0.15, 0.2) is 0 Å². The van der Waals surface area contributed by atoms with Gasteiger partial charge in [0.1, 0.15) is 11.5 Å². The number of rotatable bonds is 4. The van der Waals surface area contributed by atoms with Gasteiger partial charge in [0, 0.05) is 18.2 Å². The van der Waals surface area contributed by atoms with Gasteiger partial charge >= 0.3 is 0 Å². The third kappa shape index (κ3) is 3.34. The molecular formula is C14H15NO2S. The standard InChI is InChI=1S/C14H15NO2S/c1-10-7-13(11(2)17-10)8-15-14(16)4-3-12-5-6-18-9-12/h3-7,9H,8H2,1-2H3,(H,15,16). The van der Waals surface area contributed by atoms with Crippen LogP contribution in [0, 0.1) is 13.8 Å². The Morgan fingerprint density at radius 3 is 2.94 bits per heavy atom. The minimum Gasteiger partial charge on any atom is -0.466 e. The van der Waals surface area contributed by atoms with E-state index in [2.05, 4.69) is 5.32 Å². The van der Waals surface area contributed by atoms with Crippen LogP contribution < -0.4 is 5.32 Å². The van der Waals surface area contributed by atoms with Crippen LogP contribution >= 0.6 is 11.3 Å². The highest BCUT2D eigenvalue weighted by molar-refractivity contribution is 7.08. The fourth-order valence-electron chi connectivity index (χ4n) is 1.64. The Labute approximate surface area is 110 Å². The summed E-state index contributed by atoms with van der Waals surface area (Å²) in [6.45, 7) is 4.29. The second-order valence-electron chi connectivity index (χ2n) is 4.05. The smallest absolute Gasteiger partial charge is 0.244 e. The van der Waals surface area contributed by atoms with E-state index >= 15 is 0 Å². The van der Waals surface area contributed by atoms with Crippen molar-refractivity contribution in [2.45, 2.75) is 20.4 Å². The van der Waals surface area contributed by atoms with Gasteiger partial charge in [0.2, 0.25) is 5.91 Å². The fourth-order valence-corrected chi connectivity index (χ4v) is 2.27. The second-order valence-corrected chi connectivity index (χ2v) is 4.83. The number of carbonyl (C=O) groups is 1. The lowest BCUT2D eigenvalue weighted by Gasteiger charge is -2.00. The lowest BCUT2D eigenvalue weighted by molar-refractivity contribution is -0.116. The number of carbonyl (C=O) groups excluding carboxylic acids is 1. The first-order valence-corrected chi connectivity index (χ1v) is 6.63. The molecule has 1 amide bonds. The van der Waals surface area contributed by atoms with Crippen LogP contribution in [0.2, 0.25) is 0 Å². The minimum absolute atomic E-state index is 0.0977. The molecule has 0 radical (unpaired) electrons. The molecule has 0 saturated heterocycles. The molecule has 18 heavy (non-hydrogen) atoms. The quantitative estimate of drug-likeness (QED) is 0.858. The monoisotopic (exact) mass is 261 g/mol. The van der Waals surface area contributed by atoms with Gasteiger partial charge in [-0.15, -0.1) is 0 Å². The van der Waals surface area contributed by atoms with Gasteiger partial charge < -0.3 is 9.73 Å². The first kappa shape index (κ1) is 12.6. The Bertz CT molecular complexity index is 552. The predicted molar refractivity (Wildman–Crippen MR) is 73.4 cm³/mol. The van der Waals surface area contributed by atoms with E-state index in [4.69, 9.17) is 4.42 Å². The highest BCUT2D eigenvalue weighted by Gasteiger charge is 2.05. The molecule has 0 unspecified atom stereocenters. The van der Waals surface area contributed by atoms with Gasteiger partial charge in [-0.3, -0.25) is 4.79 Å². The third-order valence-electron chi connectivity index (χ3n) is 2.57. The lowest BCUT2D eigenvalue weighted by Crippen LogP contribution is -2.20. The zero-order valence-corrected chi connectivity index (χ0v) is 11.2. The maximum absolute atomic E-state index is 11.6. The molecular weight excluding hydrogens is 246 g/mol. The van der Waals surface area contributed by atoms with E-state index in [0.29, 0.717) is 6.54 Å². The van der Waals surface area contributed by atoms with Gasteiger partial charge in [-0.2, -0.15) is 11.3 Å². The molecule has 0 aromatic carbocycles. The van der Waals surface area contributed by atoms with Crippen LogP contribution in [0.5, 0.6) is 0 Å². The molecule has 94 valence electrons. The molecule has 0 spiro atoms. The molecule has 2 heterocycles. The van der Waals surface area contributed by atoms with E-state index in [1.54, 1.807) is 23.5 Å². The van der Waals surface area contributed by atoms with Gasteiger partial charge in [-0.05, 0) is 48.4 Å². The molecule has 2 rings (SSSR count). The molecule has 0 aliphatic carbocycles. The molecule has 0 aliphatic heterocycles. The van der Waals surface area contributed by atoms with Crippen LogP contribution in [0.25, 0.3) is 6.08 Å². The average molecular weight is 261 g/mol. The second kappa shape index (κ2) is 5.69. The van der Waals surface area contributed by atoms with E-state index in [1.807, 2.05) is 36.7 Å². The largest absolute Gasteiger partial charge is 0.466 e. The first-order valence-electron chi connectivity index (χ1n) is 5.69. The molecule has 0 saturated carbocycles. The van der Waals surface area contributed by atoms with Gasteiger partial charge in [0.05, 0.1) is 0 Å². The van der Waals surface area contributed by atoms with Crippen molar-refractivity contribution in [1.29, 1.82) is 0 Å². The van der Waals surface area contributed by atoms with Crippen LogP contribution in [0.15, 0.2) is 33.4 Å². The van der Waals surface area contributed by atoms with Crippen molar-refractivity contribution in [2.24, 2.45) is 0 Å². The van der Waals surface area contributed by atoms with E-state index in [1.165, 1.54) is 0 Å². The molecule has 4 heteroatoms. The van der Waals surface area contributed by atoms with Crippen molar-refractivity contribution in [1.82, 2.24) is 5.32 Å². The summed E-state index contributed by atoms with van der Waals surface area (Å²) in [6.07, 6.45) is 3.35. The number of thiophene rings is 1. The summed E-state index contributed by atoms with van der Waals surface area (Å²) in [5.41, 5.74) is 2.07. The Morgan fingerprint density at radius 2 is 2.33 bits per heavy atom. The van der Waals surface area contributed by atoms with Gasteiger partial charge in [-0.1, -0.05) is 0 Å². The van der Waals surface area contributed by atoms with E-state index in [0.717, 1.165) is 22.6 Å². The maximum Gasteiger partial charge on any atom is 0.244 e. The zero-order chi connectivity index (χ0) is 13.0. The summed E-state index contributed by atoms with van der Waals surface area (Å²) in [7, 11) is 0. The van der Waals surface area contributed by atoms with E-state index < -0.39 is 0 Å². The Morgan fingerprint density at radius 1 is 1.50 bits per heavy atom. The normalized spacial score (nSPS) is 11.0. The van der Waals surface area contributed by atoms with Gasteiger partial charge in [-0.25, -0.2) is 0 Å². The number of nitrogens with one attached hydrogen (secondary N) is 1. The van der Waals surface area contributed by atoms with Crippen LogP contribution in [-0.2, 0) is 11.3 Å². The van der Waals surface area contributed by atoms with Gasteiger partial charge in [0.25, 0.3) is 0 Å². The van der Waals surface area contributed by atoms with Crippen molar-refractivity contribution in [3.8, 4) is 0 Å². The van der Waals surface area contributed by atoms with E-state index in [-0.39, 0.29) is 5.91 Å². The summed E-state index contributed by atoms with van der Waals surface area (Å²) in [4.78, 5) is 11.6. The van der Waals surface area contributed by atoms with Crippen molar-refractivity contribution in [2.75, 3.05) is 0 Å². The van der Waals surface area contributed by atoms with Crippen LogP contribution in [-0.4, -0.2) is 5.91 Å². The van der Waals surface area contributed by atoms with Crippen LogP contribution in [0.3, 0.4) is 0 Å². The molecule has 0 aliphatic rings. The van der Waals surface area contributed by atoms with Crippen molar-refractivity contribution < 1.29 is 9.21 Å². The number of hydrogen-bond donors (Lipinski definition) is 1. The van der Waals surface area contributed by atoms with Crippen LogP contribution in [0.4, 0.5) is 0 Å². The molecule has 1 N–H and O–H groups in total. The maximum atomic E-state index is 11.6. The lowest BCUT2D eigenvalue weighted by atomic mass is 10.2. The number of amides is 1. The third-order valence-corrected chi connectivity index (χ3v) is 3.27. The minimum atomic E-state index is -0.0977. The summed E-state index contributed by atoms with van der Waals surface area (Å²) in [6, 6.07) is 3.91. The molecule has 3 nitrogen and oxygen atoms in total. The number of hydrogen-bond acceptors (Lipinski definition) is 3. The summed E-state index contributed by atoms with van der Waals surface area (Å²) >= 11 is 1.61. The molecule has 2 aromatic heterocycles. The van der Waals surface area contributed by atoms with Crippen molar-refractivity contribution in [3.05, 3.63) is 51.6 Å². The Kier molecular flexibility index (Phi) is 3.99. The fraction of sp³-hybridized carbons (Fsp3) is 0.214. The zero-order valence-electron chi connectivity index (χ0n) is 10.4. The highest BCUT2D eigenvalue weighted by Crippen LogP contribution is 2.13. The first-order chi connectivity index (χ1) is 8.65. The average Bonchev–Trinajstić information content (AvgIpc) is 2.94. The molecule has 2 aromatic rings. The SMILES string of the molecule is Cc1cc(CNC(=O)C=Cc2ccsc2)c(C)o1. The topological polar surface area (TPSA) is 42.2 Å². The van der Waals surface area contributed by atoms with Crippen molar-refractivity contribution >= 4 is 23.3 Å². The Hall–Kier alpha value is -1.81. The summed E-state index contributed by atoms with van der Waals surface area (Å²) < 4.78 is 5.40. The predicted octanol–water partition coefficient (Wildman–Crippen LogP) is 3.29. The number of furan rings is 1. The number of aryl methyl sites for hydroxylation is 2. The molecule has 0 fully saturated rings. The molecule has 0 atom stereocenters. The van der Waals surface area contributed by atoms with Crippen molar-refractivity contribution in [3.63, 3.8) is 0 Å². The summed E-state index contributed by atoms with van der Waals surface area (Å²) in [5.74, 6) is 1.62. The highest BCUT2D eigenvalue weighted by atomic mass is 32.1. The van der Waals surface area contributed by atoms with Crippen LogP contribution in [0.1, 0.15) is 22.6 Å².